The van der Waals surface area contributed by atoms with E-state index in [1.807, 2.05) is 0 Å². The summed E-state index contributed by atoms with van der Waals surface area (Å²) in [5.74, 6) is 0. The topological polar surface area (TPSA) is 21.3 Å². The van der Waals surface area contributed by atoms with Crippen LogP contribution in [0.4, 0.5) is 0 Å². The average molecular weight is 249 g/mol. The number of hydrogen-bond donors (Lipinski definition) is 1. The number of ether oxygens (including phenoxy) is 1. The Hall–Kier alpha value is -0.860. The molecule has 0 saturated carbocycles. The summed E-state index contributed by atoms with van der Waals surface area (Å²) < 4.78 is 5.83. The lowest BCUT2D eigenvalue weighted by atomic mass is 9.99. The Balaban J connectivity index is 2.51. The van der Waals surface area contributed by atoms with E-state index in [2.05, 4.69) is 56.4 Å². The molecule has 0 aliphatic carbocycles. The van der Waals surface area contributed by atoms with Gasteiger partial charge in [0.1, 0.15) is 0 Å². The van der Waals surface area contributed by atoms with E-state index < -0.39 is 0 Å². The largest absolute Gasteiger partial charge is 0.377 e. The fourth-order valence-corrected chi connectivity index (χ4v) is 2.38. The zero-order valence-electron chi connectivity index (χ0n) is 12.0. The van der Waals surface area contributed by atoms with Gasteiger partial charge in [0, 0.05) is 12.6 Å². The molecule has 0 fully saturated rings. The maximum Gasteiger partial charge on any atom is 0.0725 e. The van der Waals surface area contributed by atoms with Crippen LogP contribution in [0.25, 0.3) is 0 Å². The number of nitrogens with one attached hydrogen (secondary N) is 1. The second kappa shape index (κ2) is 9.12. The first-order valence-electron chi connectivity index (χ1n) is 7.20. The van der Waals surface area contributed by atoms with Crippen LogP contribution in [0.3, 0.4) is 0 Å². The van der Waals surface area contributed by atoms with Gasteiger partial charge in [-0.1, -0.05) is 44.2 Å². The molecule has 0 radical (unpaired) electrons. The lowest BCUT2D eigenvalue weighted by molar-refractivity contribution is 0.0301. The van der Waals surface area contributed by atoms with E-state index in [0.717, 1.165) is 32.4 Å². The third kappa shape index (κ3) is 5.19. The van der Waals surface area contributed by atoms with Gasteiger partial charge < -0.3 is 10.1 Å². The van der Waals surface area contributed by atoms with E-state index in [-0.39, 0.29) is 0 Å². The lowest BCUT2D eigenvalue weighted by Crippen LogP contribution is -2.41. The molecule has 1 aromatic carbocycles. The zero-order valence-corrected chi connectivity index (χ0v) is 12.0. The summed E-state index contributed by atoms with van der Waals surface area (Å²) in [6.45, 7) is 8.24. The summed E-state index contributed by atoms with van der Waals surface area (Å²) in [6.07, 6.45) is 3.65. The molecule has 1 aromatic rings. The fraction of sp³-hybridized carbons (Fsp3) is 0.625. The average Bonchev–Trinajstić information content (AvgIpc) is 2.42. The van der Waals surface area contributed by atoms with Crippen LogP contribution in [0.5, 0.6) is 0 Å². The normalized spacial score (nSPS) is 14.4. The molecule has 18 heavy (non-hydrogen) atoms. The molecular weight excluding hydrogens is 222 g/mol. The van der Waals surface area contributed by atoms with Gasteiger partial charge in [0.05, 0.1) is 6.10 Å². The molecule has 0 aromatic heterocycles. The second-order valence-corrected chi connectivity index (χ2v) is 4.59. The van der Waals surface area contributed by atoms with Crippen molar-refractivity contribution >= 4 is 0 Å². The Kier molecular flexibility index (Phi) is 7.70. The summed E-state index contributed by atoms with van der Waals surface area (Å²) in [5, 5.41) is 3.56. The monoisotopic (exact) mass is 249 g/mol. The van der Waals surface area contributed by atoms with E-state index in [0.29, 0.717) is 12.1 Å². The molecule has 2 heteroatoms. The number of aryl methyl sites for hydroxylation is 1. The van der Waals surface area contributed by atoms with Crippen molar-refractivity contribution in [2.75, 3.05) is 13.2 Å². The third-order valence-electron chi connectivity index (χ3n) is 3.29. The van der Waals surface area contributed by atoms with Gasteiger partial charge in [0.15, 0.2) is 0 Å². The molecular formula is C16H27NO. The van der Waals surface area contributed by atoms with E-state index in [1.165, 1.54) is 5.56 Å². The molecule has 0 aliphatic rings. The van der Waals surface area contributed by atoms with E-state index in [1.54, 1.807) is 0 Å². The SMILES string of the molecule is CCNC(CCc1ccccc1)C(CC)OCC. The highest BCUT2D eigenvalue weighted by Gasteiger charge is 2.18. The van der Waals surface area contributed by atoms with Gasteiger partial charge in [-0.3, -0.25) is 0 Å². The highest BCUT2D eigenvalue weighted by atomic mass is 16.5. The summed E-state index contributed by atoms with van der Waals surface area (Å²) in [4.78, 5) is 0. The van der Waals surface area contributed by atoms with E-state index in [9.17, 15) is 0 Å². The summed E-state index contributed by atoms with van der Waals surface area (Å²) >= 11 is 0. The van der Waals surface area contributed by atoms with Crippen LogP contribution in [-0.4, -0.2) is 25.3 Å². The Bertz CT molecular complexity index is 299. The van der Waals surface area contributed by atoms with Crippen LogP contribution < -0.4 is 5.32 Å². The van der Waals surface area contributed by atoms with Gasteiger partial charge in [0.2, 0.25) is 0 Å². The highest BCUT2D eigenvalue weighted by Crippen LogP contribution is 2.12. The first-order chi connectivity index (χ1) is 8.81. The standard InChI is InChI=1S/C16H27NO/c1-4-16(18-6-3)15(17-5-2)13-12-14-10-8-7-9-11-14/h7-11,15-17H,4-6,12-13H2,1-3H3. The van der Waals surface area contributed by atoms with Crippen LogP contribution >= 0.6 is 0 Å². The van der Waals surface area contributed by atoms with Gasteiger partial charge in [0.25, 0.3) is 0 Å². The molecule has 0 heterocycles. The minimum absolute atomic E-state index is 0.332. The molecule has 0 bridgehead atoms. The van der Waals surface area contributed by atoms with E-state index >= 15 is 0 Å². The lowest BCUT2D eigenvalue weighted by Gasteiger charge is -2.27. The molecule has 102 valence electrons. The predicted molar refractivity (Wildman–Crippen MR) is 77.9 cm³/mol. The van der Waals surface area contributed by atoms with Crippen molar-refractivity contribution in [3.8, 4) is 0 Å². The Labute approximate surface area is 112 Å². The van der Waals surface area contributed by atoms with Gasteiger partial charge >= 0.3 is 0 Å². The zero-order chi connectivity index (χ0) is 13.2. The van der Waals surface area contributed by atoms with Crippen LogP contribution in [-0.2, 0) is 11.2 Å². The van der Waals surface area contributed by atoms with Crippen LogP contribution in [0.15, 0.2) is 30.3 Å². The number of rotatable bonds is 9. The molecule has 1 N–H and O–H groups in total. The Morgan fingerprint density at radius 3 is 2.39 bits per heavy atom. The smallest absolute Gasteiger partial charge is 0.0725 e. The minimum atomic E-state index is 0.332. The molecule has 0 saturated heterocycles. The van der Waals surface area contributed by atoms with Gasteiger partial charge in [-0.25, -0.2) is 0 Å². The second-order valence-electron chi connectivity index (χ2n) is 4.59. The molecule has 1 rings (SSSR count). The fourth-order valence-electron chi connectivity index (χ4n) is 2.38. The first kappa shape index (κ1) is 15.2. The van der Waals surface area contributed by atoms with Crippen molar-refractivity contribution in [2.24, 2.45) is 0 Å². The van der Waals surface area contributed by atoms with Gasteiger partial charge in [-0.05, 0) is 38.3 Å². The maximum absolute atomic E-state index is 5.83. The summed E-state index contributed by atoms with van der Waals surface area (Å²) in [6, 6.07) is 11.1. The Morgan fingerprint density at radius 2 is 1.83 bits per heavy atom. The summed E-state index contributed by atoms with van der Waals surface area (Å²) in [7, 11) is 0. The molecule has 0 amide bonds. The maximum atomic E-state index is 5.83. The van der Waals surface area contributed by atoms with Gasteiger partial charge in [-0.2, -0.15) is 0 Å². The third-order valence-corrected chi connectivity index (χ3v) is 3.29. The van der Waals surface area contributed by atoms with Crippen LogP contribution in [0.1, 0.15) is 39.2 Å². The molecule has 2 nitrogen and oxygen atoms in total. The predicted octanol–water partition coefficient (Wildman–Crippen LogP) is 3.41. The minimum Gasteiger partial charge on any atom is -0.377 e. The van der Waals surface area contributed by atoms with Gasteiger partial charge in [-0.15, -0.1) is 0 Å². The molecule has 2 atom stereocenters. The van der Waals surface area contributed by atoms with Crippen molar-refractivity contribution in [3.05, 3.63) is 35.9 Å². The quantitative estimate of drug-likeness (QED) is 0.724. The molecule has 2 unspecified atom stereocenters. The molecule has 0 aliphatic heterocycles. The first-order valence-corrected chi connectivity index (χ1v) is 7.20. The van der Waals surface area contributed by atoms with Crippen molar-refractivity contribution in [1.29, 1.82) is 0 Å². The van der Waals surface area contributed by atoms with Crippen molar-refractivity contribution in [1.82, 2.24) is 5.32 Å². The number of benzene rings is 1. The van der Waals surface area contributed by atoms with E-state index in [4.69, 9.17) is 4.74 Å². The Morgan fingerprint density at radius 1 is 1.11 bits per heavy atom. The number of hydrogen-bond acceptors (Lipinski definition) is 2. The highest BCUT2D eigenvalue weighted by molar-refractivity contribution is 5.14. The summed E-state index contributed by atoms with van der Waals surface area (Å²) in [5.41, 5.74) is 1.41. The van der Waals surface area contributed by atoms with Crippen molar-refractivity contribution in [2.45, 2.75) is 52.2 Å². The molecule has 0 spiro atoms. The van der Waals surface area contributed by atoms with Crippen LogP contribution in [0, 0.1) is 0 Å². The number of likely N-dealkylation sites (N-methyl/N-ethyl adjacent to an activating group) is 1. The van der Waals surface area contributed by atoms with Crippen molar-refractivity contribution in [3.63, 3.8) is 0 Å². The van der Waals surface area contributed by atoms with Crippen molar-refractivity contribution < 1.29 is 4.74 Å². The van der Waals surface area contributed by atoms with Crippen LogP contribution in [0.2, 0.25) is 0 Å².